The highest BCUT2D eigenvalue weighted by molar-refractivity contribution is 7.57. The molecule has 0 radical (unpaired) electrons. The SMILES string of the molecule is C[P+](O)(O)O.N=NC=NN.N=NC=NN. The van der Waals surface area contributed by atoms with Crippen LogP contribution in [0.4, 0.5) is 0 Å². The van der Waals surface area contributed by atoms with Gasteiger partial charge in [-0.3, -0.25) is 0 Å². The monoisotopic (exact) mass is 241 g/mol. The first kappa shape index (κ1) is 19.1. The normalized spacial score (nSPS) is 9.87. The van der Waals surface area contributed by atoms with Gasteiger partial charge in [-0.15, -0.1) is 10.2 Å². The summed E-state index contributed by atoms with van der Waals surface area (Å²) in [5, 5.41) is 11.1. The van der Waals surface area contributed by atoms with E-state index in [2.05, 4.69) is 32.1 Å². The van der Waals surface area contributed by atoms with Crippen molar-refractivity contribution >= 4 is 20.6 Å². The van der Waals surface area contributed by atoms with Gasteiger partial charge in [0.15, 0.2) is 12.7 Å². The Morgan fingerprint density at radius 3 is 1.20 bits per heavy atom. The van der Waals surface area contributed by atoms with Crippen LogP contribution < -0.4 is 11.7 Å². The van der Waals surface area contributed by atoms with Crippen molar-refractivity contribution in [1.29, 1.82) is 11.1 Å². The molecule has 0 aliphatic rings. The second-order valence-electron chi connectivity index (χ2n) is 1.66. The van der Waals surface area contributed by atoms with Crippen molar-refractivity contribution in [1.82, 2.24) is 0 Å². The van der Waals surface area contributed by atoms with Gasteiger partial charge in [0.1, 0.15) is 6.66 Å². The quantitative estimate of drug-likeness (QED) is 0.0822. The lowest BCUT2D eigenvalue weighted by atomic mass is 11.4. The lowest BCUT2D eigenvalue weighted by Crippen LogP contribution is -1.78. The summed E-state index contributed by atoms with van der Waals surface area (Å²) in [6.07, 6.45) is 1.89. The van der Waals surface area contributed by atoms with E-state index in [1.165, 1.54) is 0 Å². The maximum absolute atomic E-state index is 7.74. The van der Waals surface area contributed by atoms with Crippen LogP contribution >= 0.6 is 7.94 Å². The zero-order chi connectivity index (χ0) is 12.7. The first-order valence-electron chi connectivity index (χ1n) is 3.04. The van der Waals surface area contributed by atoms with E-state index in [1.807, 2.05) is 0 Å². The summed E-state index contributed by atoms with van der Waals surface area (Å²) in [6.45, 7) is 0.965. The molecule has 15 heavy (non-hydrogen) atoms. The van der Waals surface area contributed by atoms with Crippen LogP contribution in [0.15, 0.2) is 20.4 Å². The van der Waals surface area contributed by atoms with Gasteiger partial charge in [0, 0.05) is 0 Å². The molecular weight excluding hydrogens is 227 g/mol. The maximum atomic E-state index is 7.74. The summed E-state index contributed by atoms with van der Waals surface area (Å²) < 4.78 is 0. The van der Waals surface area contributed by atoms with Gasteiger partial charge >= 0.3 is 7.94 Å². The third-order valence-electron chi connectivity index (χ3n) is 0.249. The van der Waals surface area contributed by atoms with Crippen LogP contribution in [0.5, 0.6) is 0 Å². The molecule has 0 unspecified atom stereocenters. The van der Waals surface area contributed by atoms with E-state index in [4.69, 9.17) is 25.7 Å². The number of nitrogens with zero attached hydrogens (tertiary/aromatic N) is 4. The number of nitrogens with one attached hydrogen (secondary N) is 2. The third kappa shape index (κ3) is 227. The standard InChI is InChI=1S/2CH4N4.CH6O3P/c2*2-4-1-5-3;1-5(2,3)4/h2*1-2H,3H2;2-4H,1H3/q;;+1. The number of nitrogens with two attached hydrogens (primary N) is 2. The van der Waals surface area contributed by atoms with E-state index in [0.717, 1.165) is 19.3 Å². The highest BCUT2D eigenvalue weighted by Crippen LogP contribution is 2.38. The van der Waals surface area contributed by atoms with E-state index in [1.54, 1.807) is 0 Å². The van der Waals surface area contributed by atoms with Crippen molar-refractivity contribution in [2.45, 2.75) is 0 Å². The van der Waals surface area contributed by atoms with Crippen molar-refractivity contribution < 1.29 is 14.7 Å². The minimum atomic E-state index is -3.39. The second-order valence-corrected chi connectivity index (χ2v) is 3.39. The predicted octanol–water partition coefficient (Wildman–Crippen LogP) is -0.806. The van der Waals surface area contributed by atoms with Crippen LogP contribution in [0.1, 0.15) is 0 Å². The first-order chi connectivity index (χ1) is 6.83. The summed E-state index contributed by atoms with van der Waals surface area (Å²) in [4.78, 5) is 23.2. The number of hydrogen-bond donors (Lipinski definition) is 7. The number of hydrazone groups is 2. The van der Waals surface area contributed by atoms with Gasteiger partial charge in [0.05, 0.1) is 0 Å². The Hall–Kier alpha value is -1.55. The van der Waals surface area contributed by atoms with Crippen LogP contribution in [-0.4, -0.2) is 34.0 Å². The minimum Gasteiger partial charge on any atom is -0.322 e. The molecule has 0 aromatic heterocycles. The lowest BCUT2D eigenvalue weighted by molar-refractivity contribution is 0.340. The Morgan fingerprint density at radius 1 is 1.00 bits per heavy atom. The summed E-state index contributed by atoms with van der Waals surface area (Å²) in [5.74, 6) is 8.99. The molecule has 0 bridgehead atoms. The molecule has 11 nitrogen and oxygen atoms in total. The largest absolute Gasteiger partial charge is 0.400 e. The molecule has 0 aromatic rings. The van der Waals surface area contributed by atoms with Crippen LogP contribution in [0.3, 0.4) is 0 Å². The molecule has 0 aromatic carbocycles. The van der Waals surface area contributed by atoms with Crippen molar-refractivity contribution in [2.24, 2.45) is 32.1 Å². The summed E-state index contributed by atoms with van der Waals surface area (Å²) in [5.41, 5.74) is 12.0. The fourth-order valence-corrected chi connectivity index (χ4v) is 0.0667. The lowest BCUT2D eigenvalue weighted by Gasteiger charge is -1.88. The fourth-order valence-electron chi connectivity index (χ4n) is 0.0667. The molecule has 12 heteroatoms. The van der Waals surface area contributed by atoms with Gasteiger partial charge in [-0.25, -0.2) is 11.1 Å². The average Bonchev–Trinajstić information content (AvgIpc) is 2.05. The molecule has 0 rings (SSSR count). The molecule has 88 valence electrons. The Labute approximate surface area is 86.1 Å². The van der Waals surface area contributed by atoms with Gasteiger partial charge in [-0.1, -0.05) is 0 Å². The molecule has 0 saturated heterocycles. The first-order valence-corrected chi connectivity index (χ1v) is 5.14. The molecular formula is C3H14N8O3P+. The summed E-state index contributed by atoms with van der Waals surface area (Å²) in [6, 6.07) is 0. The zero-order valence-electron chi connectivity index (χ0n) is 7.89. The van der Waals surface area contributed by atoms with Crippen molar-refractivity contribution in [3.05, 3.63) is 0 Å². The van der Waals surface area contributed by atoms with E-state index >= 15 is 0 Å². The van der Waals surface area contributed by atoms with Gasteiger partial charge in [-0.2, -0.15) is 24.9 Å². The van der Waals surface area contributed by atoms with E-state index in [9.17, 15) is 0 Å². The molecule has 0 atom stereocenters. The zero-order valence-corrected chi connectivity index (χ0v) is 8.78. The molecule has 0 aliphatic carbocycles. The Morgan fingerprint density at radius 2 is 1.20 bits per heavy atom. The van der Waals surface area contributed by atoms with E-state index in [0.29, 0.717) is 0 Å². The second kappa shape index (κ2) is 14.9. The highest BCUT2D eigenvalue weighted by atomic mass is 31.2. The highest BCUT2D eigenvalue weighted by Gasteiger charge is 2.17. The van der Waals surface area contributed by atoms with Crippen molar-refractivity contribution in [3.63, 3.8) is 0 Å². The average molecular weight is 241 g/mol. The van der Waals surface area contributed by atoms with Crippen molar-refractivity contribution in [3.8, 4) is 0 Å². The fraction of sp³-hybridized carbons (Fsp3) is 0.333. The van der Waals surface area contributed by atoms with Gasteiger partial charge in [0.2, 0.25) is 0 Å². The van der Waals surface area contributed by atoms with E-state index in [-0.39, 0.29) is 0 Å². The molecule has 0 saturated carbocycles. The topological polar surface area (TPSA) is 210 Å². The van der Waals surface area contributed by atoms with Gasteiger partial charge in [0.25, 0.3) is 0 Å². The summed E-state index contributed by atoms with van der Waals surface area (Å²) >= 11 is 0. The van der Waals surface area contributed by atoms with Crippen LogP contribution in [0, 0.1) is 11.1 Å². The third-order valence-corrected chi connectivity index (χ3v) is 0.249. The van der Waals surface area contributed by atoms with Crippen LogP contribution in [0.2, 0.25) is 0 Å². The van der Waals surface area contributed by atoms with Crippen LogP contribution in [-0.2, 0) is 0 Å². The number of hydrogen-bond acceptors (Lipinski definition) is 9. The Kier molecular flexibility index (Phi) is 19.0. The maximum Gasteiger partial charge on any atom is 0.400 e. The van der Waals surface area contributed by atoms with Gasteiger partial charge < -0.3 is 11.7 Å². The molecule has 0 fully saturated rings. The summed E-state index contributed by atoms with van der Waals surface area (Å²) in [7, 11) is -3.39. The Balaban J connectivity index is -0.000000144. The Bertz CT molecular complexity index is 178. The van der Waals surface area contributed by atoms with Gasteiger partial charge in [-0.05, 0) is 0 Å². The molecule has 0 heterocycles. The van der Waals surface area contributed by atoms with E-state index < -0.39 is 7.94 Å². The number of rotatable bonds is 2. The smallest absolute Gasteiger partial charge is 0.322 e. The molecule has 0 amide bonds. The minimum absolute atomic E-state index is 0.944. The molecule has 9 N–H and O–H groups in total. The molecule has 0 aliphatic heterocycles. The van der Waals surface area contributed by atoms with Crippen LogP contribution in [0.25, 0.3) is 0 Å². The molecule has 0 spiro atoms. The van der Waals surface area contributed by atoms with Crippen molar-refractivity contribution in [2.75, 3.05) is 6.66 Å². The predicted molar refractivity (Wildman–Crippen MR) is 55.2 cm³/mol.